The number of hydrogen-bond acceptors (Lipinski definition) is 5. The Kier molecular flexibility index (Phi) is 5.58. The number of hydrogen-bond donors (Lipinski definition) is 2. The van der Waals surface area contributed by atoms with Crippen molar-refractivity contribution in [3.63, 3.8) is 0 Å². The number of benzene rings is 1. The fraction of sp³-hybridized carbons (Fsp3) is 0.154. The highest BCUT2D eigenvalue weighted by Gasteiger charge is 2.13. The lowest BCUT2D eigenvalue weighted by atomic mass is 10.4. The Hall–Kier alpha value is -1.84. The highest BCUT2D eigenvalue weighted by atomic mass is 79.9. The van der Waals surface area contributed by atoms with Gasteiger partial charge in [0, 0.05) is 30.0 Å². The van der Waals surface area contributed by atoms with E-state index in [1.54, 1.807) is 12.1 Å². The Labute approximate surface area is 136 Å². The lowest BCUT2D eigenvalue weighted by Crippen LogP contribution is -2.35. The van der Waals surface area contributed by atoms with E-state index in [0.29, 0.717) is 0 Å². The average molecular weight is 385 g/mol. The van der Waals surface area contributed by atoms with Crippen molar-refractivity contribution < 1.29 is 13.2 Å². The largest absolute Gasteiger partial charge is 0.349 e. The van der Waals surface area contributed by atoms with Gasteiger partial charge in [0.2, 0.25) is 10.0 Å². The van der Waals surface area contributed by atoms with Crippen LogP contribution < -0.4 is 10.0 Å². The molecule has 1 aromatic heterocycles. The first-order chi connectivity index (χ1) is 10.5. The molecule has 9 heteroatoms. The summed E-state index contributed by atoms with van der Waals surface area (Å²) < 4.78 is 27.2. The fourth-order valence-corrected chi connectivity index (χ4v) is 2.86. The van der Waals surface area contributed by atoms with Gasteiger partial charge in [0.15, 0.2) is 0 Å². The van der Waals surface area contributed by atoms with E-state index in [-0.39, 0.29) is 23.7 Å². The molecule has 0 radical (unpaired) electrons. The summed E-state index contributed by atoms with van der Waals surface area (Å²) in [4.78, 5) is 19.5. The lowest BCUT2D eigenvalue weighted by Gasteiger charge is -2.08. The molecular weight excluding hydrogens is 372 g/mol. The van der Waals surface area contributed by atoms with Crippen LogP contribution in [0.5, 0.6) is 0 Å². The molecule has 0 saturated heterocycles. The van der Waals surface area contributed by atoms with Crippen LogP contribution in [0.15, 0.2) is 52.2 Å². The monoisotopic (exact) mass is 384 g/mol. The second-order valence-electron chi connectivity index (χ2n) is 4.20. The third-order valence-electron chi connectivity index (χ3n) is 2.62. The maximum absolute atomic E-state index is 12.0. The summed E-state index contributed by atoms with van der Waals surface area (Å²) in [5.41, 5.74) is 0.179. The molecule has 0 bridgehead atoms. The first-order valence-corrected chi connectivity index (χ1v) is 8.56. The summed E-state index contributed by atoms with van der Waals surface area (Å²) in [6, 6.07) is 6.27. The molecule has 116 valence electrons. The van der Waals surface area contributed by atoms with Crippen molar-refractivity contribution in [1.29, 1.82) is 0 Å². The van der Waals surface area contributed by atoms with Crippen LogP contribution in [-0.4, -0.2) is 37.4 Å². The van der Waals surface area contributed by atoms with Crippen LogP contribution in [0.1, 0.15) is 10.5 Å². The second-order valence-corrected chi connectivity index (χ2v) is 6.88. The van der Waals surface area contributed by atoms with Gasteiger partial charge in [-0.3, -0.25) is 9.78 Å². The van der Waals surface area contributed by atoms with Crippen LogP contribution in [0, 0.1) is 0 Å². The van der Waals surface area contributed by atoms with E-state index in [2.05, 4.69) is 35.9 Å². The average Bonchev–Trinajstić information content (AvgIpc) is 2.52. The number of nitrogens with one attached hydrogen (secondary N) is 2. The number of nitrogens with zero attached hydrogens (tertiary/aromatic N) is 2. The molecule has 0 atom stereocenters. The predicted octanol–water partition coefficient (Wildman–Crippen LogP) is 0.947. The van der Waals surface area contributed by atoms with Gasteiger partial charge in [0.1, 0.15) is 5.69 Å². The van der Waals surface area contributed by atoms with Gasteiger partial charge < -0.3 is 5.32 Å². The van der Waals surface area contributed by atoms with E-state index in [4.69, 9.17) is 0 Å². The van der Waals surface area contributed by atoms with E-state index < -0.39 is 15.9 Å². The van der Waals surface area contributed by atoms with Crippen LogP contribution in [0.3, 0.4) is 0 Å². The van der Waals surface area contributed by atoms with Gasteiger partial charge >= 0.3 is 0 Å². The van der Waals surface area contributed by atoms with Crippen molar-refractivity contribution in [1.82, 2.24) is 20.0 Å². The fourth-order valence-electron chi connectivity index (χ4n) is 1.57. The Morgan fingerprint density at radius 1 is 1.14 bits per heavy atom. The van der Waals surface area contributed by atoms with Crippen molar-refractivity contribution in [2.24, 2.45) is 0 Å². The Morgan fingerprint density at radius 3 is 2.50 bits per heavy atom. The topological polar surface area (TPSA) is 101 Å². The van der Waals surface area contributed by atoms with Crippen LogP contribution in [0.25, 0.3) is 0 Å². The van der Waals surface area contributed by atoms with E-state index in [1.807, 2.05) is 0 Å². The number of carbonyl (C=O) groups is 1. The highest BCUT2D eigenvalue weighted by molar-refractivity contribution is 9.10. The van der Waals surface area contributed by atoms with Crippen molar-refractivity contribution in [2.75, 3.05) is 13.1 Å². The molecule has 0 aliphatic heterocycles. The maximum atomic E-state index is 12.0. The maximum Gasteiger partial charge on any atom is 0.271 e. The molecule has 22 heavy (non-hydrogen) atoms. The normalized spacial score (nSPS) is 11.1. The van der Waals surface area contributed by atoms with Crippen LogP contribution in [0.4, 0.5) is 0 Å². The zero-order valence-corrected chi connectivity index (χ0v) is 13.8. The molecule has 2 rings (SSSR count). The molecule has 0 unspecified atom stereocenters. The molecule has 0 aliphatic carbocycles. The predicted molar refractivity (Wildman–Crippen MR) is 83.7 cm³/mol. The van der Waals surface area contributed by atoms with Gasteiger partial charge in [-0.2, -0.15) is 0 Å². The molecule has 2 aromatic rings. The molecule has 0 fully saturated rings. The van der Waals surface area contributed by atoms with Crippen LogP contribution >= 0.6 is 15.9 Å². The molecule has 1 heterocycles. The number of rotatable bonds is 6. The highest BCUT2D eigenvalue weighted by Crippen LogP contribution is 2.14. The summed E-state index contributed by atoms with van der Waals surface area (Å²) in [5.74, 6) is -0.407. The molecule has 0 aliphatic rings. The summed E-state index contributed by atoms with van der Waals surface area (Å²) in [6.07, 6.45) is 4.20. The SMILES string of the molecule is O=C(NCCNS(=O)(=O)c1ccc(Br)cc1)c1cnccn1. The molecule has 0 spiro atoms. The molecule has 1 aromatic carbocycles. The van der Waals surface area contributed by atoms with Gasteiger partial charge in [-0.25, -0.2) is 18.1 Å². The molecule has 0 saturated carbocycles. The number of aromatic nitrogens is 2. The number of halogens is 1. The summed E-state index contributed by atoms with van der Waals surface area (Å²) in [5, 5.41) is 2.56. The van der Waals surface area contributed by atoms with Gasteiger partial charge in [0.25, 0.3) is 5.91 Å². The summed E-state index contributed by atoms with van der Waals surface area (Å²) in [7, 11) is -3.59. The van der Waals surface area contributed by atoms with E-state index >= 15 is 0 Å². The van der Waals surface area contributed by atoms with E-state index in [1.165, 1.54) is 30.7 Å². The number of carbonyl (C=O) groups excluding carboxylic acids is 1. The van der Waals surface area contributed by atoms with Gasteiger partial charge in [-0.05, 0) is 24.3 Å². The van der Waals surface area contributed by atoms with Crippen LogP contribution in [0.2, 0.25) is 0 Å². The molecule has 7 nitrogen and oxygen atoms in total. The first kappa shape index (κ1) is 16.5. The number of sulfonamides is 1. The summed E-state index contributed by atoms with van der Waals surface area (Å²) >= 11 is 3.24. The second kappa shape index (κ2) is 7.43. The zero-order valence-electron chi connectivity index (χ0n) is 11.4. The Balaban J connectivity index is 1.83. The van der Waals surface area contributed by atoms with Crippen molar-refractivity contribution >= 4 is 31.9 Å². The van der Waals surface area contributed by atoms with Crippen molar-refractivity contribution in [3.8, 4) is 0 Å². The molecule has 1 amide bonds. The molecule has 2 N–H and O–H groups in total. The van der Waals surface area contributed by atoms with Crippen LogP contribution in [-0.2, 0) is 10.0 Å². The Morgan fingerprint density at radius 2 is 1.86 bits per heavy atom. The third-order valence-corrected chi connectivity index (χ3v) is 4.63. The van der Waals surface area contributed by atoms with E-state index in [9.17, 15) is 13.2 Å². The minimum atomic E-state index is -3.59. The van der Waals surface area contributed by atoms with Crippen molar-refractivity contribution in [2.45, 2.75) is 4.90 Å². The standard InChI is InChI=1S/C13H13BrN4O3S/c14-10-1-3-11(4-2-10)22(20,21)18-8-7-17-13(19)12-9-15-5-6-16-12/h1-6,9,18H,7-8H2,(H,17,19). The van der Waals surface area contributed by atoms with Gasteiger partial charge in [0.05, 0.1) is 11.1 Å². The Bertz CT molecular complexity index is 736. The third kappa shape index (κ3) is 4.58. The minimum Gasteiger partial charge on any atom is -0.349 e. The summed E-state index contributed by atoms with van der Waals surface area (Å²) in [6.45, 7) is 0.218. The van der Waals surface area contributed by atoms with Gasteiger partial charge in [-0.1, -0.05) is 15.9 Å². The first-order valence-electron chi connectivity index (χ1n) is 6.28. The lowest BCUT2D eigenvalue weighted by molar-refractivity contribution is 0.0949. The smallest absolute Gasteiger partial charge is 0.271 e. The quantitative estimate of drug-likeness (QED) is 0.721. The number of amides is 1. The zero-order chi connectivity index (χ0) is 16.0. The van der Waals surface area contributed by atoms with Crippen molar-refractivity contribution in [3.05, 3.63) is 53.0 Å². The minimum absolute atomic E-state index is 0.0738. The van der Waals surface area contributed by atoms with Gasteiger partial charge in [-0.15, -0.1) is 0 Å². The molecular formula is C13H13BrN4O3S. The van der Waals surface area contributed by atoms with E-state index in [0.717, 1.165) is 4.47 Å².